The Labute approximate surface area is 184 Å². The van der Waals surface area contributed by atoms with E-state index in [-0.39, 0.29) is 5.91 Å². The average Bonchev–Trinajstić information content (AvgIpc) is 3.17. The molecular weight excluding hydrogens is 382 g/mol. The molecule has 0 aliphatic heterocycles. The molecule has 0 unspecified atom stereocenters. The van der Waals surface area contributed by atoms with Crippen LogP contribution in [0, 0.1) is 0 Å². The van der Waals surface area contributed by atoms with Crippen LogP contribution in [0.15, 0.2) is 85.1 Å². The number of para-hydroxylation sites is 1. The van der Waals surface area contributed by atoms with Crippen LogP contribution in [-0.4, -0.2) is 36.0 Å². The summed E-state index contributed by atoms with van der Waals surface area (Å²) in [6.07, 6.45) is 4.18. The maximum absolute atomic E-state index is 12.4. The molecule has 0 saturated carbocycles. The lowest BCUT2D eigenvalue weighted by atomic mass is 10.0. The smallest absolute Gasteiger partial charge is 0.255 e. The van der Waals surface area contributed by atoms with E-state index in [4.69, 9.17) is 0 Å². The topological polar surface area (TPSA) is 37.3 Å². The van der Waals surface area contributed by atoms with Crippen LogP contribution in [0.3, 0.4) is 0 Å². The number of anilines is 1. The number of nitrogens with one attached hydrogen (secondary N) is 1. The van der Waals surface area contributed by atoms with Crippen molar-refractivity contribution in [3.63, 3.8) is 0 Å². The Morgan fingerprint density at radius 3 is 2.39 bits per heavy atom. The summed E-state index contributed by atoms with van der Waals surface area (Å²) in [5.41, 5.74) is 5.23. The van der Waals surface area contributed by atoms with Gasteiger partial charge in [0, 0.05) is 29.5 Å². The molecule has 1 heterocycles. The molecule has 1 amide bonds. The number of amides is 1. The standard InChI is InChI=1S/C27H29N3O/c1-29(2)16-6-17-30-18-15-24-20-22(11-14-26(24)30)19-21-9-12-23(13-10-21)27(31)28-25-7-4-3-5-8-25/h3-5,7-15,18,20H,6,16-17,19H2,1-2H3,(H,28,31). The lowest BCUT2D eigenvalue weighted by Gasteiger charge is -2.11. The summed E-state index contributed by atoms with van der Waals surface area (Å²) >= 11 is 0. The minimum atomic E-state index is -0.0882. The van der Waals surface area contributed by atoms with Crippen molar-refractivity contribution in [1.29, 1.82) is 0 Å². The van der Waals surface area contributed by atoms with Gasteiger partial charge < -0.3 is 14.8 Å². The Morgan fingerprint density at radius 1 is 0.903 bits per heavy atom. The molecule has 0 saturated heterocycles. The molecule has 0 fully saturated rings. The summed E-state index contributed by atoms with van der Waals surface area (Å²) < 4.78 is 2.34. The molecule has 0 spiro atoms. The molecule has 4 heteroatoms. The average molecular weight is 412 g/mol. The van der Waals surface area contributed by atoms with Crippen LogP contribution in [0.5, 0.6) is 0 Å². The molecule has 4 aromatic rings. The van der Waals surface area contributed by atoms with Crippen molar-refractivity contribution < 1.29 is 4.79 Å². The number of benzene rings is 3. The number of hydrogen-bond acceptors (Lipinski definition) is 2. The van der Waals surface area contributed by atoms with Crippen LogP contribution >= 0.6 is 0 Å². The molecule has 0 aliphatic carbocycles. The Kier molecular flexibility index (Phi) is 6.48. The van der Waals surface area contributed by atoms with Gasteiger partial charge in [0.15, 0.2) is 0 Å². The normalized spacial score (nSPS) is 11.2. The van der Waals surface area contributed by atoms with Crippen LogP contribution < -0.4 is 5.32 Å². The van der Waals surface area contributed by atoms with E-state index in [1.54, 1.807) is 0 Å². The van der Waals surface area contributed by atoms with E-state index in [0.717, 1.165) is 31.6 Å². The molecule has 4 rings (SSSR count). The molecule has 1 N–H and O–H groups in total. The molecule has 0 aliphatic rings. The molecule has 4 nitrogen and oxygen atoms in total. The lowest BCUT2D eigenvalue weighted by molar-refractivity contribution is 0.102. The van der Waals surface area contributed by atoms with Crippen molar-refractivity contribution in [2.75, 3.05) is 26.0 Å². The van der Waals surface area contributed by atoms with Crippen molar-refractivity contribution in [3.8, 4) is 0 Å². The first-order valence-electron chi connectivity index (χ1n) is 10.8. The quantitative estimate of drug-likeness (QED) is 0.419. The molecule has 0 bridgehead atoms. The third-order valence-corrected chi connectivity index (χ3v) is 5.50. The monoisotopic (exact) mass is 411 g/mol. The van der Waals surface area contributed by atoms with E-state index >= 15 is 0 Å². The van der Waals surface area contributed by atoms with Gasteiger partial charge in [0.25, 0.3) is 5.91 Å². The van der Waals surface area contributed by atoms with Gasteiger partial charge >= 0.3 is 0 Å². The predicted octanol–water partition coefficient (Wildman–Crippen LogP) is 5.44. The van der Waals surface area contributed by atoms with E-state index in [9.17, 15) is 4.79 Å². The Hall–Kier alpha value is -3.37. The highest BCUT2D eigenvalue weighted by Gasteiger charge is 2.07. The van der Waals surface area contributed by atoms with Crippen LogP contribution in [0.2, 0.25) is 0 Å². The second kappa shape index (κ2) is 9.63. The third-order valence-electron chi connectivity index (χ3n) is 5.50. The highest BCUT2D eigenvalue weighted by molar-refractivity contribution is 6.04. The zero-order valence-electron chi connectivity index (χ0n) is 18.2. The highest BCUT2D eigenvalue weighted by Crippen LogP contribution is 2.20. The molecule has 0 radical (unpaired) electrons. The summed E-state index contributed by atoms with van der Waals surface area (Å²) in [6, 6.07) is 26.3. The predicted molar refractivity (Wildman–Crippen MR) is 129 cm³/mol. The van der Waals surface area contributed by atoms with Crippen molar-refractivity contribution >= 4 is 22.5 Å². The van der Waals surface area contributed by atoms with Gasteiger partial charge in [-0.05, 0) is 92.5 Å². The van der Waals surface area contributed by atoms with Gasteiger partial charge in [-0.2, -0.15) is 0 Å². The minimum absolute atomic E-state index is 0.0882. The van der Waals surface area contributed by atoms with E-state index < -0.39 is 0 Å². The van der Waals surface area contributed by atoms with Crippen LogP contribution in [0.25, 0.3) is 10.9 Å². The minimum Gasteiger partial charge on any atom is -0.347 e. The number of carbonyl (C=O) groups is 1. The summed E-state index contributed by atoms with van der Waals surface area (Å²) in [4.78, 5) is 14.7. The zero-order valence-corrected chi connectivity index (χ0v) is 18.2. The number of rotatable bonds is 8. The number of fused-ring (bicyclic) bond motifs is 1. The van der Waals surface area contributed by atoms with Crippen molar-refractivity contribution in [1.82, 2.24) is 9.47 Å². The number of carbonyl (C=O) groups excluding carboxylic acids is 1. The van der Waals surface area contributed by atoms with Gasteiger partial charge in [0.1, 0.15) is 0 Å². The molecule has 31 heavy (non-hydrogen) atoms. The lowest BCUT2D eigenvalue weighted by Crippen LogP contribution is -2.14. The SMILES string of the molecule is CN(C)CCCn1ccc2cc(Cc3ccc(C(=O)Nc4ccccc4)cc3)ccc21. The number of aryl methyl sites for hydroxylation is 1. The maximum atomic E-state index is 12.4. The number of hydrogen-bond donors (Lipinski definition) is 1. The van der Waals surface area contributed by atoms with Gasteiger partial charge in [0.05, 0.1) is 0 Å². The van der Waals surface area contributed by atoms with Crippen molar-refractivity contribution in [2.45, 2.75) is 19.4 Å². The Bertz CT molecular complexity index is 1140. The van der Waals surface area contributed by atoms with Gasteiger partial charge in [-0.3, -0.25) is 4.79 Å². The fraction of sp³-hybridized carbons (Fsp3) is 0.222. The summed E-state index contributed by atoms with van der Waals surface area (Å²) in [7, 11) is 4.23. The number of nitrogens with zero attached hydrogens (tertiary/aromatic N) is 2. The largest absolute Gasteiger partial charge is 0.347 e. The molecule has 3 aromatic carbocycles. The van der Waals surface area contributed by atoms with Crippen LogP contribution in [0.1, 0.15) is 27.9 Å². The fourth-order valence-electron chi connectivity index (χ4n) is 3.85. The first-order chi connectivity index (χ1) is 15.1. The van der Waals surface area contributed by atoms with Crippen LogP contribution in [-0.2, 0) is 13.0 Å². The van der Waals surface area contributed by atoms with Gasteiger partial charge in [-0.25, -0.2) is 0 Å². The first-order valence-corrected chi connectivity index (χ1v) is 10.8. The first kappa shape index (κ1) is 20.9. The van der Waals surface area contributed by atoms with E-state index in [0.29, 0.717) is 5.56 Å². The fourth-order valence-corrected chi connectivity index (χ4v) is 3.85. The highest BCUT2D eigenvalue weighted by atomic mass is 16.1. The summed E-state index contributed by atoms with van der Waals surface area (Å²) in [5.74, 6) is -0.0882. The molecule has 0 atom stereocenters. The summed E-state index contributed by atoms with van der Waals surface area (Å²) in [6.45, 7) is 2.13. The van der Waals surface area contributed by atoms with Gasteiger partial charge in [-0.15, -0.1) is 0 Å². The molecule has 158 valence electrons. The van der Waals surface area contributed by atoms with Gasteiger partial charge in [-0.1, -0.05) is 36.4 Å². The van der Waals surface area contributed by atoms with Crippen LogP contribution in [0.4, 0.5) is 5.69 Å². The van der Waals surface area contributed by atoms with Gasteiger partial charge in [0.2, 0.25) is 0 Å². The third kappa shape index (κ3) is 5.41. The van der Waals surface area contributed by atoms with E-state index in [1.807, 2.05) is 54.6 Å². The second-order valence-corrected chi connectivity index (χ2v) is 8.25. The zero-order chi connectivity index (χ0) is 21.6. The Morgan fingerprint density at radius 2 is 1.65 bits per heavy atom. The number of aromatic nitrogens is 1. The van der Waals surface area contributed by atoms with Crippen molar-refractivity contribution in [2.24, 2.45) is 0 Å². The van der Waals surface area contributed by atoms with Crippen molar-refractivity contribution in [3.05, 3.63) is 102 Å². The summed E-state index contributed by atoms with van der Waals surface area (Å²) in [5, 5.41) is 4.21. The Balaban J connectivity index is 1.40. The van der Waals surface area contributed by atoms with E-state index in [1.165, 1.54) is 22.0 Å². The second-order valence-electron chi connectivity index (χ2n) is 8.25. The molecule has 1 aromatic heterocycles. The molecular formula is C27H29N3O. The van der Waals surface area contributed by atoms with E-state index in [2.05, 4.69) is 59.3 Å². The maximum Gasteiger partial charge on any atom is 0.255 e.